The fraction of sp³-hybridized carbons (Fsp3) is 0.474. The molecule has 4 rings (SSSR count). The first-order valence-electron chi connectivity index (χ1n) is 9.46. The average Bonchev–Trinajstić information content (AvgIpc) is 3.09. The Morgan fingerprint density at radius 1 is 1.19 bits per heavy atom. The van der Waals surface area contributed by atoms with Gasteiger partial charge < -0.3 is 19.9 Å². The SMILES string of the molecule is N[C@@H](CC(=O)N1[C@@H]2COC[C@@H]1c1ncc(C(F)(F)F)n1C2)Cc1cc(F)c(F)cc1F. The summed E-state index contributed by atoms with van der Waals surface area (Å²) in [6.07, 6.45) is -4.33. The highest BCUT2D eigenvalue weighted by atomic mass is 19.4. The van der Waals surface area contributed by atoms with E-state index in [0.29, 0.717) is 12.1 Å². The molecule has 2 N–H and O–H groups in total. The van der Waals surface area contributed by atoms with Crippen molar-refractivity contribution in [2.75, 3.05) is 13.2 Å². The maximum Gasteiger partial charge on any atom is 0.433 e. The quantitative estimate of drug-likeness (QED) is 0.577. The Balaban J connectivity index is 1.51. The van der Waals surface area contributed by atoms with Gasteiger partial charge in [-0.3, -0.25) is 4.79 Å². The number of imidazole rings is 1. The first kappa shape index (κ1) is 21.6. The lowest BCUT2D eigenvalue weighted by Crippen LogP contribution is -2.57. The number of aromatic nitrogens is 2. The smallest absolute Gasteiger partial charge is 0.377 e. The Hall–Kier alpha value is -2.60. The lowest BCUT2D eigenvalue weighted by molar-refractivity contribution is -0.155. The third-order valence-corrected chi connectivity index (χ3v) is 5.48. The molecule has 1 amide bonds. The van der Waals surface area contributed by atoms with Crippen LogP contribution >= 0.6 is 0 Å². The summed E-state index contributed by atoms with van der Waals surface area (Å²) in [5.41, 5.74) is 4.88. The lowest BCUT2D eigenvalue weighted by Gasteiger charge is -2.46. The molecular formula is C19H18F6N4O2. The van der Waals surface area contributed by atoms with Crippen molar-refractivity contribution >= 4 is 5.91 Å². The topological polar surface area (TPSA) is 73.4 Å². The number of morpholine rings is 1. The maximum atomic E-state index is 13.9. The minimum atomic E-state index is -4.58. The van der Waals surface area contributed by atoms with E-state index in [1.807, 2.05) is 0 Å². The van der Waals surface area contributed by atoms with Crippen molar-refractivity contribution in [3.05, 3.63) is 52.9 Å². The zero-order valence-corrected chi connectivity index (χ0v) is 16.0. The van der Waals surface area contributed by atoms with E-state index in [9.17, 15) is 31.1 Å². The Kier molecular flexibility index (Phi) is 5.46. The van der Waals surface area contributed by atoms with E-state index in [4.69, 9.17) is 10.5 Å². The van der Waals surface area contributed by atoms with Gasteiger partial charge in [-0.2, -0.15) is 13.2 Å². The van der Waals surface area contributed by atoms with E-state index in [2.05, 4.69) is 4.98 Å². The number of ether oxygens (including phenoxy) is 1. The molecule has 3 atom stereocenters. The number of alkyl halides is 3. The molecule has 31 heavy (non-hydrogen) atoms. The van der Waals surface area contributed by atoms with Crippen LogP contribution in [0.3, 0.4) is 0 Å². The van der Waals surface area contributed by atoms with Gasteiger partial charge in [0.25, 0.3) is 0 Å². The van der Waals surface area contributed by atoms with Crippen LogP contribution in [0.1, 0.15) is 29.5 Å². The van der Waals surface area contributed by atoms with Gasteiger partial charge in [-0.1, -0.05) is 0 Å². The summed E-state index contributed by atoms with van der Waals surface area (Å²) in [5.74, 6) is -3.94. The molecule has 1 saturated heterocycles. The molecule has 0 aliphatic carbocycles. The minimum absolute atomic E-state index is 0.0242. The van der Waals surface area contributed by atoms with Gasteiger partial charge in [-0.05, 0) is 18.1 Å². The van der Waals surface area contributed by atoms with Crippen LogP contribution in [0.2, 0.25) is 0 Å². The second kappa shape index (κ2) is 7.83. The molecule has 3 heterocycles. The van der Waals surface area contributed by atoms with Crippen LogP contribution in [0.4, 0.5) is 26.3 Å². The molecule has 2 bridgehead atoms. The van der Waals surface area contributed by atoms with Crippen molar-refractivity contribution in [2.24, 2.45) is 5.73 Å². The van der Waals surface area contributed by atoms with Crippen LogP contribution in [0.15, 0.2) is 18.3 Å². The molecule has 6 nitrogen and oxygen atoms in total. The van der Waals surface area contributed by atoms with Gasteiger partial charge in [0.05, 0.1) is 25.5 Å². The first-order valence-corrected chi connectivity index (χ1v) is 9.46. The first-order chi connectivity index (χ1) is 14.6. The standard InChI is InChI=1S/C19H18F6N4O2/c20-12-4-14(22)13(21)2-9(12)1-10(26)3-17(30)29-11-6-28-16(19(23,24)25)5-27-18(28)15(29)8-31-7-11/h2,4-5,10-11,15H,1,3,6-8,26H2/t10-,11+,15-/m1/s1. The van der Waals surface area contributed by atoms with E-state index >= 15 is 0 Å². The number of nitrogens with zero attached hydrogens (tertiary/aromatic N) is 3. The summed E-state index contributed by atoms with van der Waals surface area (Å²) in [7, 11) is 0. The van der Waals surface area contributed by atoms with Crippen molar-refractivity contribution in [1.29, 1.82) is 0 Å². The molecule has 2 aromatic rings. The van der Waals surface area contributed by atoms with E-state index in [-0.39, 0.29) is 44.0 Å². The van der Waals surface area contributed by atoms with Crippen LogP contribution in [-0.2, 0) is 28.7 Å². The highest BCUT2D eigenvalue weighted by Gasteiger charge is 2.46. The van der Waals surface area contributed by atoms with Crippen LogP contribution in [0, 0.1) is 17.5 Å². The number of fused-ring (bicyclic) bond motifs is 4. The van der Waals surface area contributed by atoms with Crippen molar-refractivity contribution in [2.45, 2.75) is 43.7 Å². The average molecular weight is 448 g/mol. The van der Waals surface area contributed by atoms with E-state index in [1.165, 1.54) is 4.90 Å². The van der Waals surface area contributed by atoms with Gasteiger partial charge in [0.1, 0.15) is 23.4 Å². The molecule has 1 aromatic heterocycles. The summed E-state index contributed by atoms with van der Waals surface area (Å²) in [5, 5.41) is 0. The van der Waals surface area contributed by atoms with Crippen LogP contribution in [-0.4, -0.2) is 45.7 Å². The highest BCUT2D eigenvalue weighted by molar-refractivity contribution is 5.78. The second-order valence-corrected chi connectivity index (χ2v) is 7.64. The summed E-state index contributed by atoms with van der Waals surface area (Å²) in [6.45, 7) is -0.118. The fourth-order valence-electron chi connectivity index (χ4n) is 4.14. The molecule has 0 radical (unpaired) electrons. The van der Waals surface area contributed by atoms with Crippen molar-refractivity contribution in [3.8, 4) is 0 Å². The van der Waals surface area contributed by atoms with Gasteiger partial charge in [0, 0.05) is 25.1 Å². The van der Waals surface area contributed by atoms with Crippen molar-refractivity contribution in [1.82, 2.24) is 14.5 Å². The van der Waals surface area contributed by atoms with Crippen LogP contribution in [0.25, 0.3) is 0 Å². The van der Waals surface area contributed by atoms with Gasteiger partial charge in [0.2, 0.25) is 5.91 Å². The van der Waals surface area contributed by atoms with Crippen LogP contribution < -0.4 is 5.73 Å². The number of hydrogen-bond donors (Lipinski definition) is 1. The van der Waals surface area contributed by atoms with Gasteiger partial charge in [-0.15, -0.1) is 0 Å². The van der Waals surface area contributed by atoms with Gasteiger partial charge in [-0.25, -0.2) is 18.2 Å². The van der Waals surface area contributed by atoms with E-state index < -0.39 is 53.4 Å². The number of nitrogens with two attached hydrogens (primary N) is 1. The Labute approximate surface area is 172 Å². The summed E-state index contributed by atoms with van der Waals surface area (Å²) >= 11 is 0. The Morgan fingerprint density at radius 2 is 1.90 bits per heavy atom. The molecule has 0 spiro atoms. The Morgan fingerprint density at radius 3 is 2.61 bits per heavy atom. The number of hydrogen-bond acceptors (Lipinski definition) is 4. The normalized spacial score (nSPS) is 21.7. The predicted octanol–water partition coefficient (Wildman–Crippen LogP) is 2.56. The van der Waals surface area contributed by atoms with E-state index in [0.717, 1.165) is 10.8 Å². The lowest BCUT2D eigenvalue weighted by atomic mass is 9.99. The molecule has 2 aliphatic heterocycles. The number of rotatable bonds is 4. The summed E-state index contributed by atoms with van der Waals surface area (Å²) in [6, 6.07) is -1.29. The van der Waals surface area contributed by atoms with E-state index in [1.54, 1.807) is 0 Å². The van der Waals surface area contributed by atoms with Gasteiger partial charge >= 0.3 is 6.18 Å². The molecule has 1 fully saturated rings. The predicted molar refractivity (Wildman–Crippen MR) is 94.0 cm³/mol. The second-order valence-electron chi connectivity index (χ2n) is 7.64. The summed E-state index contributed by atoms with van der Waals surface area (Å²) < 4.78 is 86.5. The molecule has 2 aliphatic rings. The largest absolute Gasteiger partial charge is 0.433 e. The molecule has 1 aromatic carbocycles. The minimum Gasteiger partial charge on any atom is -0.377 e. The summed E-state index contributed by atoms with van der Waals surface area (Å²) in [4.78, 5) is 18.2. The molecule has 168 valence electrons. The zero-order valence-electron chi connectivity index (χ0n) is 16.0. The third-order valence-electron chi connectivity index (χ3n) is 5.48. The fourth-order valence-corrected chi connectivity index (χ4v) is 4.14. The molecular weight excluding hydrogens is 430 g/mol. The maximum absolute atomic E-state index is 13.9. The monoisotopic (exact) mass is 448 g/mol. The third kappa shape index (κ3) is 4.01. The number of carbonyl (C=O) groups is 1. The van der Waals surface area contributed by atoms with Crippen molar-refractivity contribution in [3.63, 3.8) is 0 Å². The number of carbonyl (C=O) groups excluding carboxylic acids is 1. The van der Waals surface area contributed by atoms with Crippen molar-refractivity contribution < 1.29 is 35.9 Å². The molecule has 0 unspecified atom stereocenters. The molecule has 12 heteroatoms. The highest BCUT2D eigenvalue weighted by Crippen LogP contribution is 2.38. The zero-order chi connectivity index (χ0) is 22.5. The Bertz CT molecular complexity index is 1010. The number of halogens is 6. The number of benzene rings is 1. The number of amides is 1. The molecule has 0 saturated carbocycles. The van der Waals surface area contributed by atoms with Gasteiger partial charge in [0.15, 0.2) is 11.6 Å². The van der Waals surface area contributed by atoms with Crippen LogP contribution in [0.5, 0.6) is 0 Å².